The zero-order valence-corrected chi connectivity index (χ0v) is 12.8. The molecule has 0 saturated carbocycles. The Kier molecular flexibility index (Phi) is 2.89. The topological polar surface area (TPSA) is 58.6 Å². The number of fused-ring (bicyclic) bond motifs is 2. The van der Waals surface area contributed by atoms with E-state index in [0.29, 0.717) is 11.5 Å². The third kappa shape index (κ3) is 2.08. The quantitative estimate of drug-likeness (QED) is 0.739. The van der Waals surface area contributed by atoms with Gasteiger partial charge in [-0.1, -0.05) is 18.2 Å². The lowest BCUT2D eigenvalue weighted by Gasteiger charge is -2.07. The highest BCUT2D eigenvalue weighted by Gasteiger charge is 2.19. The molecule has 0 radical (unpaired) electrons. The minimum atomic E-state index is -0.0330. The summed E-state index contributed by atoms with van der Waals surface area (Å²) in [5.41, 5.74) is 3.28. The maximum absolute atomic E-state index is 12.1. The van der Waals surface area contributed by atoms with Crippen molar-refractivity contribution in [2.75, 3.05) is 0 Å². The first-order valence-electron chi connectivity index (χ1n) is 6.90. The molecule has 21 heavy (non-hydrogen) atoms. The Morgan fingerprint density at radius 3 is 2.90 bits per heavy atom. The number of aryl methyl sites for hydroxylation is 1. The second kappa shape index (κ2) is 4.77. The number of para-hydroxylation sites is 1. The van der Waals surface area contributed by atoms with Gasteiger partial charge < -0.3 is 4.98 Å². The molecule has 5 heteroatoms. The van der Waals surface area contributed by atoms with Crippen molar-refractivity contribution in [1.82, 2.24) is 15.0 Å². The van der Waals surface area contributed by atoms with E-state index in [0.717, 1.165) is 45.9 Å². The van der Waals surface area contributed by atoms with Crippen molar-refractivity contribution in [3.05, 3.63) is 56.4 Å². The highest BCUT2D eigenvalue weighted by Crippen LogP contribution is 2.28. The highest BCUT2D eigenvalue weighted by molar-refractivity contribution is 9.10. The molecule has 1 aliphatic rings. The normalized spacial score (nSPS) is 13.6. The predicted molar refractivity (Wildman–Crippen MR) is 85.3 cm³/mol. The van der Waals surface area contributed by atoms with E-state index >= 15 is 0 Å². The van der Waals surface area contributed by atoms with Crippen molar-refractivity contribution < 1.29 is 0 Å². The van der Waals surface area contributed by atoms with Gasteiger partial charge in [0.25, 0.3) is 5.56 Å². The number of benzene rings is 1. The summed E-state index contributed by atoms with van der Waals surface area (Å²) in [5, 5.41) is 1.05. The van der Waals surface area contributed by atoms with Crippen LogP contribution in [0.2, 0.25) is 0 Å². The first-order valence-corrected chi connectivity index (χ1v) is 7.69. The molecular weight excluding hydrogens is 330 g/mol. The van der Waals surface area contributed by atoms with Crippen molar-refractivity contribution in [3.8, 4) is 11.5 Å². The molecule has 4 rings (SSSR count). The van der Waals surface area contributed by atoms with Gasteiger partial charge in [0, 0.05) is 15.4 Å². The van der Waals surface area contributed by atoms with E-state index in [1.165, 1.54) is 0 Å². The van der Waals surface area contributed by atoms with Gasteiger partial charge in [-0.15, -0.1) is 0 Å². The van der Waals surface area contributed by atoms with Gasteiger partial charge in [-0.25, -0.2) is 9.97 Å². The molecule has 0 aliphatic heterocycles. The van der Waals surface area contributed by atoms with E-state index in [9.17, 15) is 4.79 Å². The van der Waals surface area contributed by atoms with E-state index in [1.807, 2.05) is 30.3 Å². The molecule has 1 aromatic carbocycles. The van der Waals surface area contributed by atoms with Crippen LogP contribution in [-0.4, -0.2) is 15.0 Å². The molecule has 2 aromatic heterocycles. The molecular formula is C16H12BrN3O. The molecule has 1 N–H and O–H groups in total. The predicted octanol–water partition coefficient (Wildman–Crippen LogP) is 3.24. The molecule has 0 spiro atoms. The van der Waals surface area contributed by atoms with E-state index in [4.69, 9.17) is 0 Å². The minimum Gasteiger partial charge on any atom is -0.305 e. The number of hydrogen-bond donors (Lipinski definition) is 1. The summed E-state index contributed by atoms with van der Waals surface area (Å²) in [4.78, 5) is 24.2. The van der Waals surface area contributed by atoms with Crippen LogP contribution >= 0.6 is 15.9 Å². The Morgan fingerprint density at radius 2 is 2.00 bits per heavy atom. The lowest BCUT2D eigenvalue weighted by Crippen LogP contribution is -2.15. The van der Waals surface area contributed by atoms with Crippen LogP contribution in [0.3, 0.4) is 0 Å². The number of nitrogens with zero attached hydrogens (tertiary/aromatic N) is 2. The number of H-pyrrole nitrogens is 1. The smallest absolute Gasteiger partial charge is 0.254 e. The molecule has 0 amide bonds. The largest absolute Gasteiger partial charge is 0.305 e. The van der Waals surface area contributed by atoms with Crippen molar-refractivity contribution in [2.45, 2.75) is 19.3 Å². The highest BCUT2D eigenvalue weighted by atomic mass is 79.9. The Hall–Kier alpha value is -2.01. The van der Waals surface area contributed by atoms with Crippen molar-refractivity contribution >= 4 is 26.8 Å². The van der Waals surface area contributed by atoms with Crippen LogP contribution in [0.15, 0.2) is 39.6 Å². The van der Waals surface area contributed by atoms with Crippen LogP contribution in [0, 0.1) is 0 Å². The van der Waals surface area contributed by atoms with E-state index in [1.54, 1.807) is 0 Å². The van der Waals surface area contributed by atoms with Crippen molar-refractivity contribution in [3.63, 3.8) is 0 Å². The van der Waals surface area contributed by atoms with Gasteiger partial charge in [0.1, 0.15) is 5.69 Å². The summed E-state index contributed by atoms with van der Waals surface area (Å²) in [6, 6.07) is 9.90. The fourth-order valence-corrected chi connectivity index (χ4v) is 3.33. The average molecular weight is 342 g/mol. The summed E-state index contributed by atoms with van der Waals surface area (Å²) < 4.78 is 0.835. The maximum Gasteiger partial charge on any atom is 0.254 e. The molecule has 0 atom stereocenters. The van der Waals surface area contributed by atoms with Crippen LogP contribution in [0.5, 0.6) is 0 Å². The van der Waals surface area contributed by atoms with Crippen molar-refractivity contribution in [1.29, 1.82) is 0 Å². The van der Waals surface area contributed by atoms with Gasteiger partial charge >= 0.3 is 0 Å². The number of pyridine rings is 1. The fourth-order valence-electron chi connectivity index (χ4n) is 2.81. The molecule has 2 heterocycles. The Bertz CT molecular complexity index is 917. The first kappa shape index (κ1) is 12.7. The van der Waals surface area contributed by atoms with Gasteiger partial charge in [0.05, 0.1) is 11.2 Å². The number of rotatable bonds is 1. The number of aromatic nitrogens is 3. The van der Waals surface area contributed by atoms with Gasteiger partial charge in [0.15, 0.2) is 5.82 Å². The van der Waals surface area contributed by atoms with E-state index < -0.39 is 0 Å². The van der Waals surface area contributed by atoms with Crippen molar-refractivity contribution in [2.24, 2.45) is 0 Å². The summed E-state index contributed by atoms with van der Waals surface area (Å²) in [6.45, 7) is 0. The van der Waals surface area contributed by atoms with Gasteiger partial charge in [-0.3, -0.25) is 4.79 Å². The standard InChI is InChI=1S/C16H12BrN3O/c17-11-8-9-4-1-2-6-12(9)18-14(11)15-19-13-7-3-5-10(13)16(21)20-15/h1-2,4,6,8H,3,5,7H2,(H,19,20,21). The molecule has 1 aliphatic carbocycles. The minimum absolute atomic E-state index is 0.0330. The van der Waals surface area contributed by atoms with Gasteiger partial charge in [0.2, 0.25) is 0 Å². The lowest BCUT2D eigenvalue weighted by atomic mass is 10.2. The maximum atomic E-state index is 12.1. The SMILES string of the molecule is O=c1[nH]c(-c2nc3ccccc3cc2Br)nc2c1CCC2. The zero-order chi connectivity index (χ0) is 14.4. The first-order chi connectivity index (χ1) is 10.2. The molecule has 104 valence electrons. The van der Waals surface area contributed by atoms with Crippen LogP contribution < -0.4 is 5.56 Å². The third-order valence-electron chi connectivity index (χ3n) is 3.84. The Balaban J connectivity index is 1.96. The summed E-state index contributed by atoms with van der Waals surface area (Å²) in [6.07, 6.45) is 2.70. The van der Waals surface area contributed by atoms with E-state index in [-0.39, 0.29) is 5.56 Å². The molecule has 0 fully saturated rings. The summed E-state index contributed by atoms with van der Waals surface area (Å²) in [7, 11) is 0. The number of aromatic amines is 1. The second-order valence-corrected chi connectivity index (χ2v) is 6.06. The Labute approximate surface area is 129 Å². The number of nitrogens with one attached hydrogen (secondary N) is 1. The molecule has 4 nitrogen and oxygen atoms in total. The number of hydrogen-bond acceptors (Lipinski definition) is 3. The third-order valence-corrected chi connectivity index (χ3v) is 4.45. The monoisotopic (exact) mass is 341 g/mol. The molecule has 0 unspecified atom stereocenters. The summed E-state index contributed by atoms with van der Waals surface area (Å²) >= 11 is 3.53. The number of halogens is 1. The zero-order valence-electron chi connectivity index (χ0n) is 11.2. The molecule has 3 aromatic rings. The van der Waals surface area contributed by atoms with Crippen LogP contribution in [0.25, 0.3) is 22.4 Å². The van der Waals surface area contributed by atoms with Crippen LogP contribution in [0.1, 0.15) is 17.7 Å². The summed E-state index contributed by atoms with van der Waals surface area (Å²) in [5.74, 6) is 0.540. The van der Waals surface area contributed by atoms with Gasteiger partial charge in [-0.2, -0.15) is 0 Å². The average Bonchev–Trinajstić information content (AvgIpc) is 2.95. The fraction of sp³-hybridized carbons (Fsp3) is 0.188. The Morgan fingerprint density at radius 1 is 1.14 bits per heavy atom. The second-order valence-electron chi connectivity index (χ2n) is 5.20. The van der Waals surface area contributed by atoms with Gasteiger partial charge in [-0.05, 0) is 47.3 Å². The molecule has 0 saturated heterocycles. The van der Waals surface area contributed by atoms with E-state index in [2.05, 4.69) is 30.9 Å². The van der Waals surface area contributed by atoms with Crippen LogP contribution in [-0.2, 0) is 12.8 Å². The molecule has 0 bridgehead atoms. The lowest BCUT2D eigenvalue weighted by molar-refractivity contribution is 0.899. The van der Waals surface area contributed by atoms with Crippen LogP contribution in [0.4, 0.5) is 0 Å².